The normalized spacial score (nSPS) is 19.7. The van der Waals surface area contributed by atoms with Gasteiger partial charge in [0.15, 0.2) is 0 Å². The van der Waals surface area contributed by atoms with E-state index in [9.17, 15) is 4.39 Å². The highest BCUT2D eigenvalue weighted by molar-refractivity contribution is 5.28. The van der Waals surface area contributed by atoms with Crippen LogP contribution in [0.3, 0.4) is 0 Å². The van der Waals surface area contributed by atoms with Crippen LogP contribution in [0, 0.1) is 5.82 Å². The number of nitrogens with zero attached hydrogens (tertiary/aromatic N) is 2. The van der Waals surface area contributed by atoms with Crippen LogP contribution in [0.5, 0.6) is 0 Å². The molecule has 18 heavy (non-hydrogen) atoms. The Balaban J connectivity index is 2.26. The van der Waals surface area contributed by atoms with Crippen LogP contribution in [0.25, 0.3) is 0 Å². The number of benzene rings is 1. The van der Waals surface area contributed by atoms with Crippen LogP contribution >= 0.6 is 0 Å². The molecule has 0 spiro atoms. The van der Waals surface area contributed by atoms with Crippen molar-refractivity contribution in [1.82, 2.24) is 4.90 Å². The molecular formula is C15H21FN2. The van der Waals surface area contributed by atoms with Crippen molar-refractivity contribution in [3.05, 3.63) is 35.6 Å². The summed E-state index contributed by atoms with van der Waals surface area (Å²) < 4.78 is 13.4. The first-order chi connectivity index (χ1) is 8.66. The second-order valence-corrected chi connectivity index (χ2v) is 5.29. The molecule has 0 bridgehead atoms. The molecule has 2 nitrogen and oxygen atoms in total. The molecule has 0 atom stereocenters. The molecule has 1 saturated heterocycles. The standard InChI is InChI=1S/C15H21FN2/c1-17-9-6-15(7-10-18(2)11-8-15)13-4-3-5-14(16)12-13/h3-5,12H,1,6-11H2,2H3. The summed E-state index contributed by atoms with van der Waals surface area (Å²) in [6.45, 7) is 6.44. The van der Waals surface area contributed by atoms with E-state index in [0.29, 0.717) is 0 Å². The Labute approximate surface area is 109 Å². The third-order valence-corrected chi connectivity index (χ3v) is 4.13. The molecule has 1 aliphatic heterocycles. The average Bonchev–Trinajstić information content (AvgIpc) is 2.39. The number of halogens is 1. The Morgan fingerprint density at radius 1 is 1.39 bits per heavy atom. The summed E-state index contributed by atoms with van der Waals surface area (Å²) in [5.41, 5.74) is 1.20. The van der Waals surface area contributed by atoms with Crippen LogP contribution in [0.1, 0.15) is 24.8 Å². The van der Waals surface area contributed by atoms with E-state index >= 15 is 0 Å². The Bertz CT molecular complexity index is 409. The van der Waals surface area contributed by atoms with Crippen LogP contribution < -0.4 is 0 Å². The van der Waals surface area contributed by atoms with Crippen molar-refractivity contribution in [1.29, 1.82) is 0 Å². The highest BCUT2D eigenvalue weighted by Crippen LogP contribution is 2.38. The molecule has 0 aromatic heterocycles. The third-order valence-electron chi connectivity index (χ3n) is 4.13. The second kappa shape index (κ2) is 5.61. The molecule has 98 valence electrons. The van der Waals surface area contributed by atoms with Crippen molar-refractivity contribution in [2.45, 2.75) is 24.7 Å². The van der Waals surface area contributed by atoms with Gasteiger partial charge in [0.25, 0.3) is 0 Å². The molecule has 2 rings (SSSR count). The summed E-state index contributed by atoms with van der Waals surface area (Å²) in [5.74, 6) is -0.141. The summed E-state index contributed by atoms with van der Waals surface area (Å²) in [5, 5.41) is 0. The first-order valence-corrected chi connectivity index (χ1v) is 6.53. The fraction of sp³-hybridized carbons (Fsp3) is 0.533. The average molecular weight is 248 g/mol. The Morgan fingerprint density at radius 2 is 2.11 bits per heavy atom. The van der Waals surface area contributed by atoms with Gasteiger partial charge in [-0.05, 0) is 69.2 Å². The number of piperidine rings is 1. The van der Waals surface area contributed by atoms with Gasteiger partial charge in [-0.15, -0.1) is 0 Å². The maximum absolute atomic E-state index is 13.4. The van der Waals surface area contributed by atoms with E-state index in [1.165, 1.54) is 6.07 Å². The van der Waals surface area contributed by atoms with Gasteiger partial charge in [-0.1, -0.05) is 12.1 Å². The maximum Gasteiger partial charge on any atom is 0.123 e. The van der Waals surface area contributed by atoms with Crippen LogP contribution in [-0.2, 0) is 5.41 Å². The fourth-order valence-corrected chi connectivity index (χ4v) is 2.84. The smallest absolute Gasteiger partial charge is 0.123 e. The highest BCUT2D eigenvalue weighted by Gasteiger charge is 2.35. The lowest BCUT2D eigenvalue weighted by molar-refractivity contribution is 0.180. The van der Waals surface area contributed by atoms with E-state index in [1.807, 2.05) is 6.07 Å². The van der Waals surface area contributed by atoms with Gasteiger partial charge in [0.05, 0.1) is 0 Å². The van der Waals surface area contributed by atoms with Crippen LogP contribution in [0.2, 0.25) is 0 Å². The minimum Gasteiger partial charge on any atom is -0.306 e. The van der Waals surface area contributed by atoms with Gasteiger partial charge < -0.3 is 9.89 Å². The molecule has 0 N–H and O–H groups in total. The van der Waals surface area contributed by atoms with E-state index in [2.05, 4.69) is 29.7 Å². The van der Waals surface area contributed by atoms with Gasteiger partial charge in [-0.3, -0.25) is 0 Å². The van der Waals surface area contributed by atoms with E-state index < -0.39 is 0 Å². The molecule has 1 aliphatic rings. The number of hydrogen-bond donors (Lipinski definition) is 0. The number of rotatable bonds is 4. The monoisotopic (exact) mass is 248 g/mol. The summed E-state index contributed by atoms with van der Waals surface area (Å²) >= 11 is 0. The molecule has 0 unspecified atom stereocenters. The highest BCUT2D eigenvalue weighted by atomic mass is 19.1. The van der Waals surface area contributed by atoms with Gasteiger partial charge in [-0.25, -0.2) is 4.39 Å². The molecule has 1 fully saturated rings. The first-order valence-electron chi connectivity index (χ1n) is 6.53. The van der Waals surface area contributed by atoms with Gasteiger partial charge in [0.1, 0.15) is 5.82 Å². The van der Waals surface area contributed by atoms with Crippen molar-refractivity contribution in [3.8, 4) is 0 Å². The van der Waals surface area contributed by atoms with E-state index in [1.54, 1.807) is 6.07 Å². The lowest BCUT2D eigenvalue weighted by Gasteiger charge is -2.41. The van der Waals surface area contributed by atoms with Crippen molar-refractivity contribution in [2.24, 2.45) is 4.99 Å². The van der Waals surface area contributed by atoms with E-state index in [4.69, 9.17) is 0 Å². The zero-order valence-corrected chi connectivity index (χ0v) is 11.0. The van der Waals surface area contributed by atoms with Crippen LogP contribution in [0.4, 0.5) is 4.39 Å². The molecule has 0 amide bonds. The van der Waals surface area contributed by atoms with Gasteiger partial charge in [0.2, 0.25) is 0 Å². The van der Waals surface area contributed by atoms with Crippen molar-refractivity contribution >= 4 is 6.72 Å². The molecule has 0 saturated carbocycles. The summed E-state index contributed by atoms with van der Waals surface area (Å²) in [6.07, 6.45) is 3.11. The summed E-state index contributed by atoms with van der Waals surface area (Å²) in [4.78, 5) is 6.32. The zero-order valence-electron chi connectivity index (χ0n) is 11.0. The number of aliphatic imine (C=N–C) groups is 1. The molecular weight excluding hydrogens is 227 g/mol. The Kier molecular flexibility index (Phi) is 4.12. The predicted octanol–water partition coefficient (Wildman–Crippen LogP) is 2.88. The SMILES string of the molecule is C=NCCC1(c2cccc(F)c2)CCN(C)CC1. The quantitative estimate of drug-likeness (QED) is 0.748. The molecule has 1 heterocycles. The Hall–Kier alpha value is -1.22. The third kappa shape index (κ3) is 2.78. The van der Waals surface area contributed by atoms with Gasteiger partial charge in [-0.2, -0.15) is 0 Å². The second-order valence-electron chi connectivity index (χ2n) is 5.29. The van der Waals surface area contributed by atoms with Crippen molar-refractivity contribution < 1.29 is 4.39 Å². The van der Waals surface area contributed by atoms with Gasteiger partial charge in [0, 0.05) is 6.54 Å². The van der Waals surface area contributed by atoms with Crippen LogP contribution in [0.15, 0.2) is 29.3 Å². The summed E-state index contributed by atoms with van der Waals surface area (Å²) in [6, 6.07) is 7.07. The largest absolute Gasteiger partial charge is 0.306 e. The molecule has 0 aliphatic carbocycles. The number of likely N-dealkylation sites (tertiary alicyclic amines) is 1. The predicted molar refractivity (Wildman–Crippen MR) is 73.8 cm³/mol. The lowest BCUT2D eigenvalue weighted by atomic mass is 9.70. The zero-order chi connectivity index (χ0) is 13.0. The Morgan fingerprint density at radius 3 is 2.72 bits per heavy atom. The van der Waals surface area contributed by atoms with E-state index in [-0.39, 0.29) is 11.2 Å². The molecule has 0 radical (unpaired) electrons. The minimum absolute atomic E-state index is 0.0792. The molecule has 1 aromatic rings. The van der Waals surface area contributed by atoms with Crippen molar-refractivity contribution in [3.63, 3.8) is 0 Å². The van der Waals surface area contributed by atoms with Crippen LogP contribution in [-0.4, -0.2) is 38.3 Å². The molecule has 3 heteroatoms. The van der Waals surface area contributed by atoms with E-state index in [0.717, 1.165) is 44.5 Å². The lowest BCUT2D eigenvalue weighted by Crippen LogP contribution is -2.41. The topological polar surface area (TPSA) is 15.6 Å². The minimum atomic E-state index is -0.141. The number of hydrogen-bond acceptors (Lipinski definition) is 2. The first kappa shape index (κ1) is 13.2. The van der Waals surface area contributed by atoms with Crippen molar-refractivity contribution in [2.75, 3.05) is 26.7 Å². The van der Waals surface area contributed by atoms with Gasteiger partial charge >= 0.3 is 0 Å². The molecule has 1 aromatic carbocycles. The fourth-order valence-electron chi connectivity index (χ4n) is 2.84. The maximum atomic E-state index is 13.4. The summed E-state index contributed by atoms with van der Waals surface area (Å²) in [7, 11) is 2.14.